The van der Waals surface area contributed by atoms with Gasteiger partial charge in [0, 0.05) is 19.8 Å². The van der Waals surface area contributed by atoms with Crippen LogP contribution in [0.4, 0.5) is 10.5 Å². The van der Waals surface area contributed by atoms with Gasteiger partial charge in [0.1, 0.15) is 6.54 Å². The molecule has 1 heterocycles. The highest BCUT2D eigenvalue weighted by Gasteiger charge is 2.36. The minimum atomic E-state index is -1.21. The summed E-state index contributed by atoms with van der Waals surface area (Å²) in [5.74, 6) is -1.78. The van der Waals surface area contributed by atoms with E-state index >= 15 is 0 Å². The van der Waals surface area contributed by atoms with Crippen molar-refractivity contribution in [3.63, 3.8) is 0 Å². The fourth-order valence-corrected chi connectivity index (χ4v) is 2.63. The number of imide groups is 1. The van der Waals surface area contributed by atoms with Gasteiger partial charge in [0.25, 0.3) is 11.1 Å². The predicted molar refractivity (Wildman–Crippen MR) is 81.1 cm³/mol. The number of carboxylic acid groups (broad SMARTS) is 1. The van der Waals surface area contributed by atoms with Crippen LogP contribution in [-0.4, -0.2) is 47.8 Å². The smallest absolute Gasteiger partial charge is 0.323 e. The van der Waals surface area contributed by atoms with Crippen molar-refractivity contribution in [3.05, 3.63) is 34.7 Å². The lowest BCUT2D eigenvalue weighted by atomic mass is 10.2. The van der Waals surface area contributed by atoms with Crippen molar-refractivity contribution in [2.45, 2.75) is 0 Å². The molecule has 1 aliphatic heterocycles. The molecule has 1 fully saturated rings. The highest BCUT2D eigenvalue weighted by molar-refractivity contribution is 8.18. The van der Waals surface area contributed by atoms with Crippen LogP contribution in [0.25, 0.3) is 6.08 Å². The van der Waals surface area contributed by atoms with Crippen LogP contribution in [0, 0.1) is 0 Å². The van der Waals surface area contributed by atoms with Crippen molar-refractivity contribution in [2.75, 3.05) is 25.5 Å². The monoisotopic (exact) mass is 306 g/mol. The Labute approximate surface area is 126 Å². The molecule has 1 aromatic rings. The van der Waals surface area contributed by atoms with Crippen LogP contribution in [0.5, 0.6) is 0 Å². The molecule has 0 bridgehead atoms. The van der Waals surface area contributed by atoms with Gasteiger partial charge >= 0.3 is 5.97 Å². The van der Waals surface area contributed by atoms with Crippen LogP contribution < -0.4 is 4.90 Å². The van der Waals surface area contributed by atoms with E-state index in [1.54, 1.807) is 6.08 Å². The van der Waals surface area contributed by atoms with E-state index in [4.69, 9.17) is 5.11 Å². The minimum Gasteiger partial charge on any atom is -0.480 e. The van der Waals surface area contributed by atoms with E-state index in [-0.39, 0.29) is 4.91 Å². The zero-order valence-corrected chi connectivity index (χ0v) is 12.4. The maximum atomic E-state index is 12.0. The second-order valence-electron chi connectivity index (χ2n) is 4.65. The molecule has 2 rings (SSSR count). The van der Waals surface area contributed by atoms with Gasteiger partial charge in [-0.2, -0.15) is 0 Å². The van der Waals surface area contributed by atoms with Crippen LogP contribution in [0.2, 0.25) is 0 Å². The van der Waals surface area contributed by atoms with Gasteiger partial charge in [-0.25, -0.2) is 0 Å². The number of benzene rings is 1. The fraction of sp³-hybridized carbons (Fsp3) is 0.214. The van der Waals surface area contributed by atoms with Gasteiger partial charge in [-0.05, 0) is 35.5 Å². The summed E-state index contributed by atoms with van der Waals surface area (Å²) in [6.07, 6.45) is 1.59. The van der Waals surface area contributed by atoms with Crippen LogP contribution in [0.1, 0.15) is 5.56 Å². The Balaban J connectivity index is 2.20. The molecule has 1 saturated heterocycles. The molecule has 1 aliphatic rings. The first-order valence-corrected chi connectivity index (χ1v) is 6.94. The Bertz CT molecular complexity index is 622. The molecule has 7 heteroatoms. The van der Waals surface area contributed by atoms with Crippen molar-refractivity contribution in [2.24, 2.45) is 0 Å². The quantitative estimate of drug-likeness (QED) is 0.856. The standard InChI is InChI=1S/C14H14N2O4S/c1-15(2)10-5-3-9(4-6-10)7-11-13(19)16(8-12(17)18)14(20)21-11/h3-7H,8H2,1-2H3,(H,17,18)/b11-7+. The van der Waals surface area contributed by atoms with E-state index in [0.29, 0.717) is 0 Å². The summed E-state index contributed by atoms with van der Waals surface area (Å²) >= 11 is 0.754. The van der Waals surface area contributed by atoms with Gasteiger partial charge in [-0.1, -0.05) is 12.1 Å². The summed E-state index contributed by atoms with van der Waals surface area (Å²) in [7, 11) is 3.85. The number of hydrogen-bond acceptors (Lipinski definition) is 5. The molecule has 0 unspecified atom stereocenters. The first-order valence-electron chi connectivity index (χ1n) is 6.13. The maximum absolute atomic E-state index is 12.0. The van der Waals surface area contributed by atoms with Crippen molar-refractivity contribution in [3.8, 4) is 0 Å². The molecule has 21 heavy (non-hydrogen) atoms. The van der Waals surface area contributed by atoms with Gasteiger partial charge in [-0.3, -0.25) is 19.3 Å². The Morgan fingerprint density at radius 1 is 1.29 bits per heavy atom. The molecule has 110 valence electrons. The Kier molecular flexibility index (Phi) is 4.32. The average molecular weight is 306 g/mol. The number of rotatable bonds is 4. The first-order chi connectivity index (χ1) is 9.88. The van der Waals surface area contributed by atoms with Gasteiger partial charge < -0.3 is 10.0 Å². The molecule has 1 N–H and O–H groups in total. The Morgan fingerprint density at radius 3 is 2.43 bits per heavy atom. The van der Waals surface area contributed by atoms with Crippen molar-refractivity contribution < 1.29 is 19.5 Å². The molecule has 0 aliphatic carbocycles. The third kappa shape index (κ3) is 3.43. The minimum absolute atomic E-state index is 0.235. The topological polar surface area (TPSA) is 77.9 Å². The van der Waals surface area contributed by atoms with E-state index in [2.05, 4.69) is 0 Å². The third-order valence-corrected chi connectivity index (χ3v) is 3.78. The largest absolute Gasteiger partial charge is 0.480 e. The summed E-state index contributed by atoms with van der Waals surface area (Å²) < 4.78 is 0. The number of carboxylic acids is 1. The molecular formula is C14H14N2O4S. The van der Waals surface area contributed by atoms with Crippen LogP contribution in [-0.2, 0) is 9.59 Å². The lowest BCUT2D eigenvalue weighted by Gasteiger charge is -2.11. The number of carbonyl (C=O) groups is 3. The normalized spacial score (nSPS) is 16.7. The summed E-state index contributed by atoms with van der Waals surface area (Å²) in [5, 5.41) is 8.13. The number of aliphatic carboxylic acids is 1. The van der Waals surface area contributed by atoms with Crippen LogP contribution >= 0.6 is 11.8 Å². The first kappa shape index (κ1) is 15.1. The van der Waals surface area contributed by atoms with Crippen molar-refractivity contribution >= 4 is 40.6 Å². The number of thioether (sulfide) groups is 1. The van der Waals surface area contributed by atoms with E-state index in [1.807, 2.05) is 43.3 Å². The van der Waals surface area contributed by atoms with Gasteiger partial charge in [-0.15, -0.1) is 0 Å². The van der Waals surface area contributed by atoms with Crippen molar-refractivity contribution in [1.29, 1.82) is 0 Å². The number of anilines is 1. The molecular weight excluding hydrogens is 292 g/mol. The average Bonchev–Trinajstić information content (AvgIpc) is 2.67. The second kappa shape index (κ2) is 6.01. The maximum Gasteiger partial charge on any atom is 0.323 e. The summed E-state index contributed by atoms with van der Waals surface area (Å²) in [4.78, 5) is 37.1. The Hall–Kier alpha value is -2.28. The number of amides is 2. The molecule has 0 saturated carbocycles. The SMILES string of the molecule is CN(C)c1ccc(/C=C2/SC(=O)N(CC(=O)O)C2=O)cc1. The molecule has 2 amide bonds. The zero-order valence-electron chi connectivity index (χ0n) is 11.6. The van der Waals surface area contributed by atoms with Gasteiger partial charge in [0.15, 0.2) is 0 Å². The van der Waals surface area contributed by atoms with E-state index in [1.165, 1.54) is 0 Å². The lowest BCUT2D eigenvalue weighted by Crippen LogP contribution is -2.33. The van der Waals surface area contributed by atoms with E-state index in [0.717, 1.165) is 27.9 Å². The Morgan fingerprint density at radius 2 is 1.90 bits per heavy atom. The van der Waals surface area contributed by atoms with E-state index in [9.17, 15) is 14.4 Å². The molecule has 0 atom stereocenters. The van der Waals surface area contributed by atoms with Gasteiger partial charge in [0.05, 0.1) is 4.91 Å². The highest BCUT2D eigenvalue weighted by atomic mass is 32.2. The number of hydrogen-bond donors (Lipinski definition) is 1. The summed E-state index contributed by atoms with van der Waals surface area (Å²) in [6.45, 7) is -0.610. The van der Waals surface area contributed by atoms with Gasteiger partial charge in [0.2, 0.25) is 0 Å². The molecule has 0 aromatic heterocycles. The third-order valence-electron chi connectivity index (χ3n) is 2.87. The lowest BCUT2D eigenvalue weighted by molar-refractivity contribution is -0.140. The highest BCUT2D eigenvalue weighted by Crippen LogP contribution is 2.32. The van der Waals surface area contributed by atoms with Crippen LogP contribution in [0.3, 0.4) is 0 Å². The van der Waals surface area contributed by atoms with Crippen LogP contribution in [0.15, 0.2) is 29.2 Å². The predicted octanol–water partition coefficient (Wildman–Crippen LogP) is 1.87. The van der Waals surface area contributed by atoms with Crippen molar-refractivity contribution in [1.82, 2.24) is 4.90 Å². The molecule has 6 nitrogen and oxygen atoms in total. The molecule has 0 radical (unpaired) electrons. The summed E-state index contributed by atoms with van der Waals surface area (Å²) in [5.41, 5.74) is 1.80. The molecule has 1 aromatic carbocycles. The fourth-order valence-electron chi connectivity index (χ4n) is 1.79. The molecule has 0 spiro atoms. The number of nitrogens with zero attached hydrogens (tertiary/aromatic N) is 2. The zero-order chi connectivity index (χ0) is 15.6. The second-order valence-corrected chi connectivity index (χ2v) is 5.64. The summed E-state index contributed by atoms with van der Waals surface area (Å²) in [6, 6.07) is 7.46. The van der Waals surface area contributed by atoms with E-state index < -0.39 is 23.7 Å². The number of carbonyl (C=O) groups excluding carboxylic acids is 2.